The Hall–Kier alpha value is -0.830. The highest BCUT2D eigenvalue weighted by Gasteiger charge is 2.23. The third-order valence-electron chi connectivity index (χ3n) is 3.78. The van der Waals surface area contributed by atoms with Crippen LogP contribution in [0.1, 0.15) is 43.8 Å². The Morgan fingerprint density at radius 1 is 1.22 bits per heavy atom. The predicted molar refractivity (Wildman–Crippen MR) is 74.7 cm³/mol. The number of fused-ring (bicyclic) bond motifs is 1. The quantitative estimate of drug-likeness (QED) is 0.509. The molecular formula is C15H16BrFO. The zero-order valence-electron chi connectivity index (χ0n) is 10.2. The van der Waals surface area contributed by atoms with Crippen molar-refractivity contribution in [2.45, 2.75) is 42.8 Å². The van der Waals surface area contributed by atoms with Gasteiger partial charge in [0.25, 0.3) is 0 Å². The number of hydrogen-bond acceptors (Lipinski definition) is 1. The van der Waals surface area contributed by atoms with Crippen molar-refractivity contribution in [3.8, 4) is 0 Å². The van der Waals surface area contributed by atoms with Crippen molar-refractivity contribution in [2.75, 3.05) is 0 Å². The topological polar surface area (TPSA) is 13.1 Å². The van der Waals surface area contributed by atoms with Gasteiger partial charge in [0.2, 0.25) is 0 Å². The fourth-order valence-electron chi connectivity index (χ4n) is 2.81. The minimum atomic E-state index is -0.261. The van der Waals surface area contributed by atoms with Crippen LogP contribution in [0.2, 0.25) is 0 Å². The van der Waals surface area contributed by atoms with E-state index in [1.807, 2.05) is 12.1 Å². The average Bonchev–Trinajstić information content (AvgIpc) is 2.67. The van der Waals surface area contributed by atoms with E-state index in [2.05, 4.69) is 15.9 Å². The lowest BCUT2D eigenvalue weighted by Gasteiger charge is -2.13. The van der Waals surface area contributed by atoms with Crippen LogP contribution in [0.4, 0.5) is 4.39 Å². The van der Waals surface area contributed by atoms with Crippen molar-refractivity contribution in [1.29, 1.82) is 0 Å². The smallest absolute Gasteiger partial charge is 0.169 e. The van der Waals surface area contributed by atoms with Crippen LogP contribution in [0.5, 0.6) is 0 Å². The molecule has 1 heterocycles. The second kappa shape index (κ2) is 5.04. The van der Waals surface area contributed by atoms with E-state index in [9.17, 15) is 4.39 Å². The number of furan rings is 1. The minimum Gasteiger partial charge on any atom is -0.458 e. The number of alkyl halides is 1. The fourth-order valence-corrected chi connectivity index (χ4v) is 3.58. The van der Waals surface area contributed by atoms with Gasteiger partial charge in [0.05, 0.1) is 0 Å². The van der Waals surface area contributed by atoms with Crippen LogP contribution >= 0.6 is 15.9 Å². The molecular weight excluding hydrogens is 295 g/mol. The first-order valence-corrected chi connectivity index (χ1v) is 7.47. The molecule has 0 bridgehead atoms. The Bertz CT molecular complexity index is 548. The molecule has 1 fully saturated rings. The van der Waals surface area contributed by atoms with Crippen molar-refractivity contribution in [3.63, 3.8) is 0 Å². The summed E-state index contributed by atoms with van der Waals surface area (Å²) in [5, 5.41) is 0.875. The zero-order valence-corrected chi connectivity index (χ0v) is 11.7. The third-order valence-corrected chi connectivity index (χ3v) is 4.61. The molecule has 2 unspecified atom stereocenters. The third kappa shape index (κ3) is 2.33. The molecule has 1 aromatic carbocycles. The van der Waals surface area contributed by atoms with E-state index >= 15 is 0 Å². The van der Waals surface area contributed by atoms with Gasteiger partial charge in [-0.2, -0.15) is 0 Å². The first kappa shape index (κ1) is 12.2. The summed E-state index contributed by atoms with van der Waals surface area (Å²) in [6, 6.07) is 7.11. The molecule has 0 radical (unpaired) electrons. The maximum atomic E-state index is 13.6. The molecule has 0 N–H and O–H groups in total. The fraction of sp³-hybridized carbons (Fsp3) is 0.467. The van der Waals surface area contributed by atoms with Gasteiger partial charge in [0.15, 0.2) is 11.4 Å². The van der Waals surface area contributed by atoms with E-state index in [4.69, 9.17) is 4.42 Å². The van der Waals surface area contributed by atoms with Crippen LogP contribution in [-0.2, 0) is 0 Å². The first-order chi connectivity index (χ1) is 8.74. The summed E-state index contributed by atoms with van der Waals surface area (Å²) in [5.41, 5.74) is 0.405. The Balaban J connectivity index is 1.95. The lowest BCUT2D eigenvalue weighted by Crippen LogP contribution is -2.02. The van der Waals surface area contributed by atoms with E-state index in [0.29, 0.717) is 16.3 Å². The van der Waals surface area contributed by atoms with E-state index < -0.39 is 0 Å². The van der Waals surface area contributed by atoms with Gasteiger partial charge in [0, 0.05) is 16.1 Å². The molecule has 0 amide bonds. The predicted octanol–water partition coefficient (Wildman–Crippen LogP) is 5.38. The first-order valence-electron chi connectivity index (χ1n) is 6.56. The second-order valence-electron chi connectivity index (χ2n) is 5.12. The van der Waals surface area contributed by atoms with E-state index in [-0.39, 0.29) is 5.82 Å². The molecule has 3 rings (SSSR count). The number of rotatable bonds is 1. The highest BCUT2D eigenvalue weighted by molar-refractivity contribution is 9.09. The van der Waals surface area contributed by atoms with Crippen LogP contribution in [0.15, 0.2) is 28.7 Å². The van der Waals surface area contributed by atoms with Gasteiger partial charge in [-0.25, -0.2) is 4.39 Å². The summed E-state index contributed by atoms with van der Waals surface area (Å²) < 4.78 is 19.4. The van der Waals surface area contributed by atoms with Gasteiger partial charge < -0.3 is 4.42 Å². The highest BCUT2D eigenvalue weighted by atomic mass is 79.9. The molecule has 2 atom stereocenters. The summed E-state index contributed by atoms with van der Waals surface area (Å²) in [7, 11) is 0. The summed E-state index contributed by atoms with van der Waals surface area (Å²) >= 11 is 3.72. The Kier molecular flexibility index (Phi) is 3.42. The van der Waals surface area contributed by atoms with E-state index in [0.717, 1.165) is 24.0 Å². The summed E-state index contributed by atoms with van der Waals surface area (Å²) in [5.74, 6) is 1.10. The van der Waals surface area contributed by atoms with E-state index in [1.165, 1.54) is 25.3 Å². The van der Waals surface area contributed by atoms with Crippen LogP contribution in [0.3, 0.4) is 0 Å². The minimum absolute atomic E-state index is 0.261. The number of benzene rings is 1. The van der Waals surface area contributed by atoms with Crippen LogP contribution in [0.25, 0.3) is 11.0 Å². The highest BCUT2D eigenvalue weighted by Crippen LogP contribution is 2.37. The van der Waals surface area contributed by atoms with Crippen molar-refractivity contribution in [3.05, 3.63) is 35.8 Å². The maximum Gasteiger partial charge on any atom is 0.169 e. The normalized spacial score (nSPS) is 25.2. The molecule has 1 aromatic heterocycles. The van der Waals surface area contributed by atoms with Gasteiger partial charge in [-0.05, 0) is 31.4 Å². The summed E-state index contributed by atoms with van der Waals surface area (Å²) in [4.78, 5) is 0.558. The Labute approximate surface area is 114 Å². The van der Waals surface area contributed by atoms with Crippen molar-refractivity contribution in [1.82, 2.24) is 0 Å². The van der Waals surface area contributed by atoms with Crippen molar-refractivity contribution in [2.24, 2.45) is 0 Å². The second-order valence-corrected chi connectivity index (χ2v) is 6.42. The van der Waals surface area contributed by atoms with Crippen molar-refractivity contribution < 1.29 is 8.81 Å². The molecule has 1 aliphatic rings. The largest absolute Gasteiger partial charge is 0.458 e. The molecule has 1 nitrogen and oxygen atoms in total. The van der Waals surface area contributed by atoms with Gasteiger partial charge in [-0.15, -0.1) is 0 Å². The van der Waals surface area contributed by atoms with E-state index in [1.54, 1.807) is 6.07 Å². The molecule has 2 aromatic rings. The molecule has 3 heteroatoms. The molecule has 0 saturated heterocycles. The number of para-hydroxylation sites is 1. The molecule has 1 aliphatic carbocycles. The van der Waals surface area contributed by atoms with Gasteiger partial charge in [0.1, 0.15) is 5.76 Å². The van der Waals surface area contributed by atoms with Crippen LogP contribution < -0.4 is 0 Å². The molecule has 96 valence electrons. The molecule has 0 spiro atoms. The summed E-state index contributed by atoms with van der Waals surface area (Å²) in [6.45, 7) is 0. The van der Waals surface area contributed by atoms with Gasteiger partial charge in [-0.1, -0.05) is 40.9 Å². The standard InChI is InChI=1S/C15H16BrFO/c16-12-6-2-1-4-10(8-12)14-9-11-5-3-7-13(17)15(11)18-14/h3,5,7,9-10,12H,1-2,4,6,8H2. The van der Waals surface area contributed by atoms with Crippen molar-refractivity contribution >= 4 is 26.9 Å². The Morgan fingerprint density at radius 2 is 2.06 bits per heavy atom. The summed E-state index contributed by atoms with van der Waals surface area (Å²) in [6.07, 6.45) is 5.95. The number of hydrogen-bond donors (Lipinski definition) is 0. The maximum absolute atomic E-state index is 13.6. The molecule has 0 aliphatic heterocycles. The molecule has 1 saturated carbocycles. The average molecular weight is 311 g/mol. The van der Waals surface area contributed by atoms with Crippen LogP contribution in [0, 0.1) is 5.82 Å². The lowest BCUT2D eigenvalue weighted by molar-refractivity contribution is 0.449. The van der Waals surface area contributed by atoms with Gasteiger partial charge in [-0.3, -0.25) is 0 Å². The molecule has 18 heavy (non-hydrogen) atoms. The van der Waals surface area contributed by atoms with Gasteiger partial charge >= 0.3 is 0 Å². The monoisotopic (exact) mass is 310 g/mol. The SMILES string of the molecule is Fc1cccc2cc(C3CCCCC(Br)C3)oc12. The lowest BCUT2D eigenvalue weighted by atomic mass is 9.97. The Morgan fingerprint density at radius 3 is 2.89 bits per heavy atom. The number of halogens is 2. The van der Waals surface area contributed by atoms with Crippen LogP contribution in [-0.4, -0.2) is 4.83 Å². The zero-order chi connectivity index (χ0) is 12.5.